The molecule has 0 spiro atoms. The molecule has 1 aromatic carbocycles. The fourth-order valence-corrected chi connectivity index (χ4v) is 2.02. The van der Waals surface area contributed by atoms with Crippen LogP contribution in [0.5, 0.6) is 0 Å². The van der Waals surface area contributed by atoms with E-state index in [1.165, 1.54) is 0 Å². The van der Waals surface area contributed by atoms with Crippen molar-refractivity contribution in [3.8, 4) is 0 Å². The van der Waals surface area contributed by atoms with Crippen LogP contribution in [-0.2, 0) is 0 Å². The number of rotatable bonds is 3. The standard InChI is InChI=1S/C10H11N3S/c11-5-6-14-10-9-4-2-1-3-8(9)7-12-13-10/h1-4,7H,5-6,11H2. The van der Waals surface area contributed by atoms with Crippen LogP contribution in [0.4, 0.5) is 0 Å². The highest BCUT2D eigenvalue weighted by atomic mass is 32.2. The highest BCUT2D eigenvalue weighted by molar-refractivity contribution is 7.99. The van der Waals surface area contributed by atoms with Crippen LogP contribution in [0.25, 0.3) is 10.8 Å². The molecule has 0 atom stereocenters. The van der Waals surface area contributed by atoms with Crippen LogP contribution in [-0.4, -0.2) is 22.5 Å². The van der Waals surface area contributed by atoms with E-state index in [0.717, 1.165) is 21.6 Å². The molecule has 0 aliphatic carbocycles. The van der Waals surface area contributed by atoms with Crippen molar-refractivity contribution in [1.29, 1.82) is 0 Å². The van der Waals surface area contributed by atoms with Gasteiger partial charge in [0.15, 0.2) is 0 Å². The first-order valence-electron chi connectivity index (χ1n) is 4.45. The summed E-state index contributed by atoms with van der Waals surface area (Å²) in [6.45, 7) is 0.662. The first-order chi connectivity index (χ1) is 6.92. The molecule has 2 aromatic rings. The van der Waals surface area contributed by atoms with Crippen LogP contribution in [0.3, 0.4) is 0 Å². The van der Waals surface area contributed by atoms with E-state index in [9.17, 15) is 0 Å². The number of fused-ring (bicyclic) bond motifs is 1. The van der Waals surface area contributed by atoms with Crippen molar-refractivity contribution in [3.05, 3.63) is 30.5 Å². The Hall–Kier alpha value is -1.13. The van der Waals surface area contributed by atoms with Crippen LogP contribution in [0, 0.1) is 0 Å². The van der Waals surface area contributed by atoms with Crippen LogP contribution < -0.4 is 5.73 Å². The number of nitrogens with zero attached hydrogens (tertiary/aromatic N) is 2. The van der Waals surface area contributed by atoms with Gasteiger partial charge in [-0.1, -0.05) is 24.3 Å². The average molecular weight is 205 g/mol. The number of thioether (sulfide) groups is 1. The van der Waals surface area contributed by atoms with Gasteiger partial charge in [-0.15, -0.1) is 16.9 Å². The van der Waals surface area contributed by atoms with Crippen molar-refractivity contribution < 1.29 is 0 Å². The molecule has 14 heavy (non-hydrogen) atoms. The molecule has 0 aliphatic heterocycles. The average Bonchev–Trinajstić information content (AvgIpc) is 2.26. The maximum absolute atomic E-state index is 5.45. The first kappa shape index (κ1) is 9.43. The Balaban J connectivity index is 2.43. The minimum absolute atomic E-state index is 0.662. The van der Waals surface area contributed by atoms with E-state index in [1.807, 2.05) is 18.2 Å². The lowest BCUT2D eigenvalue weighted by atomic mass is 10.2. The number of hydrogen-bond donors (Lipinski definition) is 1. The number of nitrogens with two attached hydrogens (primary N) is 1. The molecule has 4 heteroatoms. The van der Waals surface area contributed by atoms with Gasteiger partial charge in [0.1, 0.15) is 5.03 Å². The maximum atomic E-state index is 5.45. The van der Waals surface area contributed by atoms with E-state index in [2.05, 4.69) is 16.3 Å². The SMILES string of the molecule is NCCSc1nncc2ccccc12. The molecule has 2 rings (SSSR count). The molecule has 0 fully saturated rings. The third-order valence-electron chi connectivity index (χ3n) is 1.89. The molecule has 0 bridgehead atoms. The lowest BCUT2D eigenvalue weighted by Gasteiger charge is -2.02. The van der Waals surface area contributed by atoms with Gasteiger partial charge in [0, 0.05) is 23.1 Å². The second-order valence-corrected chi connectivity index (χ2v) is 3.96. The molecule has 2 N–H and O–H groups in total. The Morgan fingerprint density at radius 1 is 1.29 bits per heavy atom. The lowest BCUT2D eigenvalue weighted by Crippen LogP contribution is -2.01. The Labute approximate surface area is 86.7 Å². The van der Waals surface area contributed by atoms with E-state index in [4.69, 9.17) is 5.73 Å². The van der Waals surface area contributed by atoms with Crippen LogP contribution >= 0.6 is 11.8 Å². The molecule has 0 unspecified atom stereocenters. The van der Waals surface area contributed by atoms with Gasteiger partial charge in [-0.05, 0) is 0 Å². The molecule has 3 nitrogen and oxygen atoms in total. The van der Waals surface area contributed by atoms with E-state index >= 15 is 0 Å². The van der Waals surface area contributed by atoms with Crippen LogP contribution in [0.2, 0.25) is 0 Å². The van der Waals surface area contributed by atoms with Crippen LogP contribution in [0.15, 0.2) is 35.5 Å². The van der Waals surface area contributed by atoms with Crippen molar-refractivity contribution in [3.63, 3.8) is 0 Å². The Morgan fingerprint density at radius 3 is 3.00 bits per heavy atom. The Morgan fingerprint density at radius 2 is 2.14 bits per heavy atom. The first-order valence-corrected chi connectivity index (χ1v) is 5.43. The van der Waals surface area contributed by atoms with Crippen molar-refractivity contribution in [1.82, 2.24) is 10.2 Å². The monoisotopic (exact) mass is 205 g/mol. The van der Waals surface area contributed by atoms with E-state index in [-0.39, 0.29) is 0 Å². The number of aromatic nitrogens is 2. The molecular weight excluding hydrogens is 194 g/mol. The van der Waals surface area contributed by atoms with Gasteiger partial charge in [-0.3, -0.25) is 0 Å². The highest BCUT2D eigenvalue weighted by Gasteiger charge is 2.01. The molecule has 0 amide bonds. The fourth-order valence-electron chi connectivity index (χ4n) is 1.26. The van der Waals surface area contributed by atoms with Crippen molar-refractivity contribution in [2.75, 3.05) is 12.3 Å². The lowest BCUT2D eigenvalue weighted by molar-refractivity contribution is 0.954. The predicted octanol–water partition coefficient (Wildman–Crippen LogP) is 1.68. The molecule has 0 radical (unpaired) electrons. The summed E-state index contributed by atoms with van der Waals surface area (Å²) in [7, 11) is 0. The maximum Gasteiger partial charge on any atom is 0.127 e. The number of benzene rings is 1. The van der Waals surface area contributed by atoms with E-state index in [1.54, 1.807) is 18.0 Å². The molecule has 72 valence electrons. The van der Waals surface area contributed by atoms with Gasteiger partial charge in [-0.25, -0.2) is 0 Å². The zero-order valence-corrected chi connectivity index (χ0v) is 8.50. The zero-order chi connectivity index (χ0) is 9.80. The highest BCUT2D eigenvalue weighted by Crippen LogP contribution is 2.23. The molecule has 0 aliphatic rings. The van der Waals surface area contributed by atoms with Crippen LogP contribution in [0.1, 0.15) is 0 Å². The smallest absolute Gasteiger partial charge is 0.127 e. The summed E-state index contributed by atoms with van der Waals surface area (Å²) in [5, 5.41) is 11.3. The molecule has 0 saturated heterocycles. The van der Waals surface area contributed by atoms with Gasteiger partial charge in [0.2, 0.25) is 0 Å². The summed E-state index contributed by atoms with van der Waals surface area (Å²) in [5.41, 5.74) is 5.45. The minimum atomic E-state index is 0.662. The molecular formula is C10H11N3S. The van der Waals surface area contributed by atoms with Gasteiger partial charge in [0.05, 0.1) is 6.20 Å². The summed E-state index contributed by atoms with van der Waals surface area (Å²) >= 11 is 1.65. The summed E-state index contributed by atoms with van der Waals surface area (Å²) in [5.74, 6) is 0.878. The Bertz CT molecular complexity index is 425. The van der Waals surface area contributed by atoms with Gasteiger partial charge in [-0.2, -0.15) is 5.10 Å². The van der Waals surface area contributed by atoms with Gasteiger partial charge < -0.3 is 5.73 Å². The Kier molecular flexibility index (Phi) is 2.96. The minimum Gasteiger partial charge on any atom is -0.330 e. The van der Waals surface area contributed by atoms with E-state index in [0.29, 0.717) is 6.54 Å². The predicted molar refractivity (Wildman–Crippen MR) is 59.3 cm³/mol. The van der Waals surface area contributed by atoms with Crippen molar-refractivity contribution in [2.24, 2.45) is 5.73 Å². The summed E-state index contributed by atoms with van der Waals surface area (Å²) in [4.78, 5) is 0. The quantitative estimate of drug-likeness (QED) is 0.775. The normalized spacial score (nSPS) is 10.6. The summed E-state index contributed by atoms with van der Waals surface area (Å²) < 4.78 is 0. The van der Waals surface area contributed by atoms with Gasteiger partial charge >= 0.3 is 0 Å². The van der Waals surface area contributed by atoms with E-state index < -0.39 is 0 Å². The molecule has 1 heterocycles. The van der Waals surface area contributed by atoms with Gasteiger partial charge in [0.25, 0.3) is 0 Å². The second-order valence-electron chi connectivity index (χ2n) is 2.87. The molecule has 0 saturated carbocycles. The second kappa shape index (κ2) is 4.39. The number of hydrogen-bond acceptors (Lipinski definition) is 4. The zero-order valence-electron chi connectivity index (χ0n) is 7.68. The topological polar surface area (TPSA) is 51.8 Å². The fraction of sp³-hybridized carbons (Fsp3) is 0.200. The largest absolute Gasteiger partial charge is 0.330 e. The van der Waals surface area contributed by atoms with Crippen molar-refractivity contribution >= 4 is 22.5 Å². The summed E-state index contributed by atoms with van der Waals surface area (Å²) in [6.07, 6.45) is 1.78. The van der Waals surface area contributed by atoms with Crippen molar-refractivity contribution in [2.45, 2.75) is 5.03 Å². The third kappa shape index (κ3) is 1.86. The third-order valence-corrected chi connectivity index (χ3v) is 2.91. The summed E-state index contributed by atoms with van der Waals surface area (Å²) in [6, 6.07) is 8.11. The molecule has 1 aromatic heterocycles.